The molecule has 1 fully saturated rings. The van der Waals surface area contributed by atoms with E-state index in [9.17, 15) is 0 Å². The summed E-state index contributed by atoms with van der Waals surface area (Å²) in [6, 6.07) is 2.91. The van der Waals surface area contributed by atoms with E-state index in [1.54, 1.807) is 11.3 Å². The largest absolute Gasteiger partial charge is 0.326 e. The van der Waals surface area contributed by atoms with Crippen LogP contribution in [-0.2, 0) is 0 Å². The molecule has 21 heavy (non-hydrogen) atoms. The van der Waals surface area contributed by atoms with E-state index in [-0.39, 0.29) is 6.04 Å². The summed E-state index contributed by atoms with van der Waals surface area (Å²) >= 11 is 1.79. The topological polar surface area (TPSA) is 29.3 Å². The smallest absolute Gasteiger partial charge is 0.0507 e. The van der Waals surface area contributed by atoms with Crippen molar-refractivity contribution in [2.45, 2.75) is 65.5 Å². The van der Waals surface area contributed by atoms with Crippen molar-refractivity contribution in [2.75, 3.05) is 13.1 Å². The molecule has 1 aliphatic heterocycles. The minimum Gasteiger partial charge on any atom is -0.326 e. The lowest BCUT2D eigenvalue weighted by atomic mass is 9.77. The molecule has 1 aromatic heterocycles. The molecule has 120 valence electrons. The highest BCUT2D eigenvalue weighted by molar-refractivity contribution is 7.07. The van der Waals surface area contributed by atoms with Gasteiger partial charge in [-0.1, -0.05) is 27.7 Å². The summed E-state index contributed by atoms with van der Waals surface area (Å²) in [6.07, 6.45) is 5.01. The fourth-order valence-corrected chi connectivity index (χ4v) is 4.35. The monoisotopic (exact) mass is 308 g/mol. The van der Waals surface area contributed by atoms with Crippen molar-refractivity contribution in [3.05, 3.63) is 22.4 Å². The second-order valence-corrected chi connectivity index (χ2v) is 8.38. The highest BCUT2D eigenvalue weighted by Gasteiger charge is 2.31. The number of hydrogen-bond donors (Lipinski definition) is 1. The van der Waals surface area contributed by atoms with Crippen molar-refractivity contribution in [2.24, 2.45) is 17.1 Å². The molecule has 0 aromatic carbocycles. The lowest BCUT2D eigenvalue weighted by molar-refractivity contribution is 0.162. The second-order valence-electron chi connectivity index (χ2n) is 7.60. The van der Waals surface area contributed by atoms with Crippen molar-refractivity contribution in [1.82, 2.24) is 4.90 Å². The minimum atomic E-state index is 0.241. The van der Waals surface area contributed by atoms with E-state index in [2.05, 4.69) is 49.4 Å². The average Bonchev–Trinajstić information content (AvgIpc) is 2.82. The zero-order chi connectivity index (χ0) is 15.5. The molecule has 3 atom stereocenters. The number of nitrogens with zero attached hydrogens (tertiary/aromatic N) is 1. The molecule has 1 aliphatic rings. The molecule has 0 aliphatic carbocycles. The van der Waals surface area contributed by atoms with Crippen LogP contribution < -0.4 is 5.73 Å². The Morgan fingerprint density at radius 2 is 2.10 bits per heavy atom. The van der Waals surface area contributed by atoms with Crippen molar-refractivity contribution < 1.29 is 0 Å². The molecule has 0 bridgehead atoms. The Bertz CT molecular complexity index is 407. The van der Waals surface area contributed by atoms with Crippen LogP contribution in [0.25, 0.3) is 0 Å². The van der Waals surface area contributed by atoms with Crippen LogP contribution in [0, 0.1) is 11.3 Å². The molecule has 0 radical (unpaired) electrons. The third-order valence-corrected chi connectivity index (χ3v) is 5.84. The van der Waals surface area contributed by atoms with Crippen molar-refractivity contribution >= 4 is 11.3 Å². The molecular formula is C18H32N2S. The molecule has 1 aromatic rings. The number of hydrogen-bond acceptors (Lipinski definition) is 3. The van der Waals surface area contributed by atoms with E-state index in [0.29, 0.717) is 11.5 Å². The highest BCUT2D eigenvalue weighted by Crippen LogP contribution is 2.37. The lowest BCUT2D eigenvalue weighted by Crippen LogP contribution is -2.41. The van der Waals surface area contributed by atoms with Gasteiger partial charge in [0.15, 0.2) is 0 Å². The predicted octanol–water partition coefficient (Wildman–Crippen LogP) is 4.67. The average molecular weight is 309 g/mol. The molecule has 2 N–H and O–H groups in total. The van der Waals surface area contributed by atoms with Crippen molar-refractivity contribution in [3.63, 3.8) is 0 Å². The normalized spacial score (nSPS) is 24.5. The molecule has 0 spiro atoms. The molecule has 0 saturated carbocycles. The van der Waals surface area contributed by atoms with Crippen LogP contribution >= 0.6 is 11.3 Å². The van der Waals surface area contributed by atoms with Gasteiger partial charge >= 0.3 is 0 Å². The Morgan fingerprint density at radius 1 is 1.33 bits per heavy atom. The number of nitrogens with two attached hydrogens (primary N) is 1. The van der Waals surface area contributed by atoms with Crippen LogP contribution in [0.1, 0.15) is 65.0 Å². The summed E-state index contributed by atoms with van der Waals surface area (Å²) in [6.45, 7) is 11.8. The van der Waals surface area contributed by atoms with E-state index in [4.69, 9.17) is 5.73 Å². The van der Waals surface area contributed by atoms with Gasteiger partial charge in [0.2, 0.25) is 0 Å². The van der Waals surface area contributed by atoms with Gasteiger partial charge in [-0.2, -0.15) is 11.3 Å². The summed E-state index contributed by atoms with van der Waals surface area (Å²) in [5, 5.41) is 4.47. The van der Waals surface area contributed by atoms with Crippen LogP contribution in [0.4, 0.5) is 0 Å². The lowest BCUT2D eigenvalue weighted by Gasteiger charge is -2.35. The first-order valence-corrected chi connectivity index (χ1v) is 9.39. The highest BCUT2D eigenvalue weighted by atomic mass is 32.1. The van der Waals surface area contributed by atoms with Gasteiger partial charge in [0.1, 0.15) is 0 Å². The van der Waals surface area contributed by atoms with Crippen LogP contribution in [0.3, 0.4) is 0 Å². The van der Waals surface area contributed by atoms with Crippen molar-refractivity contribution in [3.8, 4) is 0 Å². The van der Waals surface area contributed by atoms with E-state index >= 15 is 0 Å². The predicted molar refractivity (Wildman–Crippen MR) is 93.7 cm³/mol. The zero-order valence-electron chi connectivity index (χ0n) is 14.1. The van der Waals surface area contributed by atoms with Crippen LogP contribution in [0.2, 0.25) is 0 Å². The van der Waals surface area contributed by atoms with Gasteiger partial charge in [0.05, 0.1) is 6.04 Å². The zero-order valence-corrected chi connectivity index (χ0v) is 15.0. The molecule has 3 heteroatoms. The van der Waals surface area contributed by atoms with Gasteiger partial charge in [0.25, 0.3) is 0 Å². The molecule has 2 rings (SSSR count). The summed E-state index contributed by atoms with van der Waals surface area (Å²) in [5.74, 6) is 0.837. The van der Waals surface area contributed by atoms with Crippen molar-refractivity contribution in [1.29, 1.82) is 0 Å². The standard InChI is InChI=1S/C18H32N2S/c1-5-16(19)17(14-9-12-21-13-14)20-10-6-7-15(8-11-20)18(2,3)4/h9,12-13,15-17H,5-8,10-11,19H2,1-4H3. The third kappa shape index (κ3) is 4.30. The second kappa shape index (κ2) is 7.26. The SMILES string of the molecule is CCC(N)C(c1ccsc1)N1CCCC(C(C)(C)C)CC1. The van der Waals surface area contributed by atoms with Crippen LogP contribution in [0.5, 0.6) is 0 Å². The Labute approximate surface area is 134 Å². The first kappa shape index (κ1) is 17.0. The first-order valence-electron chi connectivity index (χ1n) is 8.45. The summed E-state index contributed by atoms with van der Waals surface area (Å²) in [5.41, 5.74) is 8.32. The van der Waals surface area contributed by atoms with Gasteiger partial charge in [0, 0.05) is 6.04 Å². The Morgan fingerprint density at radius 3 is 2.67 bits per heavy atom. The van der Waals surface area contributed by atoms with E-state index in [0.717, 1.165) is 12.3 Å². The molecule has 2 heterocycles. The Kier molecular flexibility index (Phi) is 5.87. The number of thiophene rings is 1. The molecule has 2 nitrogen and oxygen atoms in total. The maximum atomic E-state index is 6.47. The molecule has 0 amide bonds. The van der Waals surface area contributed by atoms with E-state index in [1.807, 2.05) is 0 Å². The van der Waals surface area contributed by atoms with Gasteiger partial charge in [-0.15, -0.1) is 0 Å². The summed E-state index contributed by atoms with van der Waals surface area (Å²) in [7, 11) is 0. The Balaban J connectivity index is 2.11. The molecule has 3 unspecified atom stereocenters. The first-order chi connectivity index (χ1) is 9.93. The summed E-state index contributed by atoms with van der Waals surface area (Å²) in [4.78, 5) is 2.65. The molecular weight excluding hydrogens is 276 g/mol. The van der Waals surface area contributed by atoms with Gasteiger partial charge in [-0.05, 0) is 72.5 Å². The molecule has 1 saturated heterocycles. The Hall–Kier alpha value is -0.380. The number of rotatable bonds is 4. The summed E-state index contributed by atoms with van der Waals surface area (Å²) < 4.78 is 0. The van der Waals surface area contributed by atoms with E-state index in [1.165, 1.54) is 37.9 Å². The van der Waals surface area contributed by atoms with Gasteiger partial charge in [-0.25, -0.2) is 0 Å². The fourth-order valence-electron chi connectivity index (χ4n) is 3.66. The quantitative estimate of drug-likeness (QED) is 0.875. The number of likely N-dealkylation sites (tertiary alicyclic amines) is 1. The van der Waals surface area contributed by atoms with Crippen LogP contribution in [-0.4, -0.2) is 24.0 Å². The minimum absolute atomic E-state index is 0.241. The van der Waals surface area contributed by atoms with Crippen LogP contribution in [0.15, 0.2) is 16.8 Å². The fraction of sp³-hybridized carbons (Fsp3) is 0.778. The van der Waals surface area contributed by atoms with Gasteiger partial charge < -0.3 is 5.73 Å². The third-order valence-electron chi connectivity index (χ3n) is 5.14. The maximum absolute atomic E-state index is 6.47. The maximum Gasteiger partial charge on any atom is 0.0507 e. The van der Waals surface area contributed by atoms with E-state index < -0.39 is 0 Å². The van der Waals surface area contributed by atoms with Gasteiger partial charge in [-0.3, -0.25) is 4.90 Å².